The van der Waals surface area contributed by atoms with Crippen LogP contribution in [-0.2, 0) is 11.3 Å². The van der Waals surface area contributed by atoms with E-state index in [9.17, 15) is 0 Å². The summed E-state index contributed by atoms with van der Waals surface area (Å²) in [6.45, 7) is 8.66. The zero-order valence-corrected chi connectivity index (χ0v) is 14.3. The van der Waals surface area contributed by atoms with Gasteiger partial charge in [-0.15, -0.1) is 11.6 Å². The zero-order chi connectivity index (χ0) is 15.6. The van der Waals surface area contributed by atoms with Crippen LogP contribution in [0.15, 0.2) is 36.4 Å². The minimum absolute atomic E-state index is 0.130. The van der Waals surface area contributed by atoms with E-state index in [2.05, 4.69) is 39.8 Å². The van der Waals surface area contributed by atoms with Gasteiger partial charge in [0.15, 0.2) is 0 Å². The monoisotopic (exact) mass is 322 g/mol. The molecule has 2 aromatic carbocycles. The second-order valence-electron chi connectivity index (χ2n) is 6.22. The summed E-state index contributed by atoms with van der Waals surface area (Å²) >= 11 is 11.9. The van der Waals surface area contributed by atoms with Gasteiger partial charge in [-0.25, -0.2) is 0 Å². The maximum absolute atomic E-state index is 6.01. The lowest BCUT2D eigenvalue weighted by molar-refractivity contribution is 0.473. The Hall–Kier alpha value is -1.18. The van der Waals surface area contributed by atoms with E-state index in [4.69, 9.17) is 27.9 Å². The lowest BCUT2D eigenvalue weighted by Gasteiger charge is -2.21. The molecule has 0 aliphatic heterocycles. The van der Waals surface area contributed by atoms with Gasteiger partial charge in [-0.3, -0.25) is 0 Å². The molecule has 0 fully saturated rings. The molecule has 0 amide bonds. The van der Waals surface area contributed by atoms with Crippen molar-refractivity contribution in [1.82, 2.24) is 0 Å². The number of ether oxygens (including phenoxy) is 1. The predicted octanol–water partition coefficient (Wildman–Crippen LogP) is 6.48. The van der Waals surface area contributed by atoms with Crippen LogP contribution in [-0.4, -0.2) is 0 Å². The molecule has 0 aliphatic carbocycles. The summed E-state index contributed by atoms with van der Waals surface area (Å²) in [6.07, 6.45) is 0. The van der Waals surface area contributed by atoms with Crippen LogP contribution in [0.25, 0.3) is 0 Å². The second kappa shape index (κ2) is 6.29. The minimum atomic E-state index is 0.130. The van der Waals surface area contributed by atoms with Crippen LogP contribution in [0.2, 0.25) is 5.02 Å². The Morgan fingerprint density at radius 3 is 2.24 bits per heavy atom. The smallest absolute Gasteiger partial charge is 0.131 e. The van der Waals surface area contributed by atoms with Crippen molar-refractivity contribution in [2.75, 3.05) is 0 Å². The van der Waals surface area contributed by atoms with Gasteiger partial charge in [0.25, 0.3) is 0 Å². The van der Waals surface area contributed by atoms with Crippen LogP contribution in [0.1, 0.15) is 37.5 Å². The van der Waals surface area contributed by atoms with Crippen molar-refractivity contribution in [1.29, 1.82) is 0 Å². The average molecular weight is 323 g/mol. The summed E-state index contributed by atoms with van der Waals surface area (Å²) in [4.78, 5) is 0. The largest absolute Gasteiger partial charge is 0.457 e. The molecule has 0 aromatic heterocycles. The Labute approximate surface area is 136 Å². The number of rotatable bonds is 3. The molecule has 0 atom stereocenters. The fourth-order valence-electron chi connectivity index (χ4n) is 2.10. The number of hydrogen-bond donors (Lipinski definition) is 0. The summed E-state index contributed by atoms with van der Waals surface area (Å²) in [7, 11) is 0. The van der Waals surface area contributed by atoms with Crippen molar-refractivity contribution in [2.24, 2.45) is 0 Å². The molecule has 0 saturated carbocycles. The third-order valence-electron chi connectivity index (χ3n) is 3.43. The predicted molar refractivity (Wildman–Crippen MR) is 91.0 cm³/mol. The fraction of sp³-hybridized carbons (Fsp3) is 0.333. The molecule has 3 heteroatoms. The van der Waals surface area contributed by atoms with E-state index < -0.39 is 0 Å². The maximum Gasteiger partial charge on any atom is 0.131 e. The van der Waals surface area contributed by atoms with Crippen LogP contribution < -0.4 is 4.74 Å². The molecule has 21 heavy (non-hydrogen) atoms. The molecular formula is C18H20Cl2O. The molecule has 2 rings (SSSR count). The fourth-order valence-corrected chi connectivity index (χ4v) is 2.50. The van der Waals surface area contributed by atoms with Crippen LogP contribution in [0.5, 0.6) is 11.5 Å². The van der Waals surface area contributed by atoms with Gasteiger partial charge in [-0.1, -0.05) is 44.5 Å². The molecule has 0 spiro atoms. The van der Waals surface area contributed by atoms with Gasteiger partial charge < -0.3 is 4.74 Å². The van der Waals surface area contributed by atoms with Crippen molar-refractivity contribution in [3.63, 3.8) is 0 Å². The number of aryl methyl sites for hydroxylation is 1. The molecule has 112 valence electrons. The minimum Gasteiger partial charge on any atom is -0.457 e. The van der Waals surface area contributed by atoms with Gasteiger partial charge in [-0.2, -0.15) is 0 Å². The number of halogens is 2. The van der Waals surface area contributed by atoms with Crippen molar-refractivity contribution < 1.29 is 4.74 Å². The van der Waals surface area contributed by atoms with Crippen LogP contribution in [0.3, 0.4) is 0 Å². The first kappa shape index (κ1) is 16.2. The highest BCUT2D eigenvalue weighted by Crippen LogP contribution is 2.33. The normalized spacial score (nSPS) is 11.5. The lowest BCUT2D eigenvalue weighted by atomic mass is 9.86. The lowest BCUT2D eigenvalue weighted by Crippen LogP contribution is -2.11. The van der Waals surface area contributed by atoms with Gasteiger partial charge in [0.1, 0.15) is 11.5 Å². The third kappa shape index (κ3) is 3.93. The quantitative estimate of drug-likeness (QED) is 0.588. The highest BCUT2D eigenvalue weighted by Gasteiger charge is 2.15. The molecule has 0 bridgehead atoms. The number of benzene rings is 2. The van der Waals surface area contributed by atoms with E-state index in [1.165, 1.54) is 5.56 Å². The van der Waals surface area contributed by atoms with E-state index in [-0.39, 0.29) is 5.41 Å². The van der Waals surface area contributed by atoms with Crippen LogP contribution >= 0.6 is 23.2 Å². The van der Waals surface area contributed by atoms with Crippen molar-refractivity contribution in [3.8, 4) is 11.5 Å². The molecular weight excluding hydrogens is 303 g/mol. The Morgan fingerprint density at radius 1 is 1.00 bits per heavy atom. The molecule has 1 nitrogen and oxygen atoms in total. The summed E-state index contributed by atoms with van der Waals surface area (Å²) in [5, 5.41) is 0.665. The van der Waals surface area contributed by atoms with Gasteiger partial charge in [0.2, 0.25) is 0 Å². The first-order valence-corrected chi connectivity index (χ1v) is 7.86. The summed E-state index contributed by atoms with van der Waals surface area (Å²) in [5.41, 5.74) is 3.42. The van der Waals surface area contributed by atoms with Crippen LogP contribution in [0, 0.1) is 6.92 Å². The Balaban J connectivity index is 2.32. The van der Waals surface area contributed by atoms with E-state index in [0.717, 1.165) is 22.6 Å². The first-order valence-electron chi connectivity index (χ1n) is 6.94. The van der Waals surface area contributed by atoms with Crippen molar-refractivity contribution >= 4 is 23.2 Å². The van der Waals surface area contributed by atoms with E-state index in [1.54, 1.807) is 0 Å². The maximum atomic E-state index is 6.01. The van der Waals surface area contributed by atoms with Crippen LogP contribution in [0.4, 0.5) is 0 Å². The number of hydrogen-bond acceptors (Lipinski definition) is 1. The Bertz CT molecular complexity index is 642. The second-order valence-corrected chi connectivity index (χ2v) is 6.92. The molecule has 0 N–H and O–H groups in total. The molecule has 0 saturated heterocycles. The van der Waals surface area contributed by atoms with E-state index in [1.807, 2.05) is 24.3 Å². The molecule has 0 radical (unpaired) electrons. The number of alkyl halides is 1. The molecule has 2 aromatic rings. The highest BCUT2D eigenvalue weighted by atomic mass is 35.5. The summed E-state index contributed by atoms with van der Waals surface area (Å²) in [5.74, 6) is 1.97. The summed E-state index contributed by atoms with van der Waals surface area (Å²) < 4.78 is 6.01. The van der Waals surface area contributed by atoms with Gasteiger partial charge in [0, 0.05) is 10.6 Å². The Kier molecular flexibility index (Phi) is 4.85. The van der Waals surface area contributed by atoms with E-state index in [0.29, 0.717) is 10.9 Å². The van der Waals surface area contributed by atoms with Crippen molar-refractivity contribution in [3.05, 3.63) is 58.1 Å². The van der Waals surface area contributed by atoms with Gasteiger partial charge in [-0.05, 0) is 47.7 Å². The topological polar surface area (TPSA) is 9.23 Å². The Morgan fingerprint density at radius 2 is 1.67 bits per heavy atom. The average Bonchev–Trinajstić information content (AvgIpc) is 2.41. The zero-order valence-electron chi connectivity index (χ0n) is 12.8. The molecule has 0 unspecified atom stereocenters. The van der Waals surface area contributed by atoms with E-state index >= 15 is 0 Å². The van der Waals surface area contributed by atoms with Gasteiger partial charge in [0.05, 0.1) is 5.88 Å². The summed E-state index contributed by atoms with van der Waals surface area (Å²) in [6, 6.07) is 11.8. The SMILES string of the molecule is Cc1cc(C(C)(C)C)ccc1Oc1ccc(Cl)cc1CCl. The van der Waals surface area contributed by atoms with Crippen molar-refractivity contribution in [2.45, 2.75) is 39.0 Å². The standard InChI is InChI=1S/C18H20Cl2O/c1-12-9-14(18(2,3)4)5-7-16(12)21-17-8-6-15(20)10-13(17)11-19/h5-10H,11H2,1-4H3. The van der Waals surface area contributed by atoms with Gasteiger partial charge >= 0.3 is 0 Å². The highest BCUT2D eigenvalue weighted by molar-refractivity contribution is 6.30. The third-order valence-corrected chi connectivity index (χ3v) is 3.95. The molecule has 0 heterocycles. The molecule has 0 aliphatic rings. The first-order chi connectivity index (χ1) is 9.81.